The number of ether oxygens (including phenoxy) is 1. The van der Waals surface area contributed by atoms with Crippen molar-refractivity contribution in [1.82, 2.24) is 15.1 Å². The van der Waals surface area contributed by atoms with Gasteiger partial charge in [-0.1, -0.05) is 36.4 Å². The molecule has 0 aromatic heterocycles. The van der Waals surface area contributed by atoms with E-state index in [1.807, 2.05) is 68.4 Å². The molecule has 6 nitrogen and oxygen atoms in total. The number of carbonyl (C=O) groups excluding carboxylic acids is 2. The van der Waals surface area contributed by atoms with Gasteiger partial charge in [-0.2, -0.15) is 0 Å². The Morgan fingerprint density at radius 3 is 2.25 bits per heavy atom. The van der Waals surface area contributed by atoms with Crippen molar-refractivity contribution in [2.24, 2.45) is 0 Å². The first kappa shape index (κ1) is 19.7. The Balaban J connectivity index is 1.43. The van der Waals surface area contributed by atoms with Crippen LogP contribution >= 0.6 is 0 Å². The second kappa shape index (κ2) is 9.26. The van der Waals surface area contributed by atoms with E-state index in [1.165, 1.54) is 0 Å². The highest BCUT2D eigenvalue weighted by atomic mass is 16.5. The van der Waals surface area contributed by atoms with Crippen molar-refractivity contribution in [2.75, 3.05) is 32.8 Å². The second-order valence-corrected chi connectivity index (χ2v) is 7.07. The number of hydrogen-bond donors (Lipinski definition) is 1. The number of urea groups is 1. The summed E-state index contributed by atoms with van der Waals surface area (Å²) in [6.07, 6.45) is 0. The summed E-state index contributed by atoms with van der Waals surface area (Å²) < 4.78 is 5.80. The Morgan fingerprint density at radius 2 is 1.57 bits per heavy atom. The number of amides is 3. The van der Waals surface area contributed by atoms with E-state index in [1.54, 1.807) is 9.80 Å². The van der Waals surface area contributed by atoms with Gasteiger partial charge in [-0.3, -0.25) is 4.79 Å². The SMILES string of the molecule is Cc1ccccc1OCC(C)NC(=O)N1CCN(C(=O)c2ccccc2)CC1. The van der Waals surface area contributed by atoms with Crippen LogP contribution in [-0.2, 0) is 0 Å². The van der Waals surface area contributed by atoms with Crippen LogP contribution in [0.2, 0.25) is 0 Å². The van der Waals surface area contributed by atoms with Crippen LogP contribution in [0.4, 0.5) is 4.79 Å². The van der Waals surface area contributed by atoms with Crippen molar-refractivity contribution in [3.63, 3.8) is 0 Å². The summed E-state index contributed by atoms with van der Waals surface area (Å²) in [5, 5.41) is 2.97. The number of piperazine rings is 1. The normalized spacial score (nSPS) is 15.1. The van der Waals surface area contributed by atoms with E-state index in [0.29, 0.717) is 38.3 Å². The molecule has 0 bridgehead atoms. The van der Waals surface area contributed by atoms with Crippen LogP contribution in [-0.4, -0.2) is 60.6 Å². The summed E-state index contributed by atoms with van der Waals surface area (Å²) in [6.45, 7) is 6.44. The topological polar surface area (TPSA) is 61.9 Å². The molecule has 148 valence electrons. The van der Waals surface area contributed by atoms with E-state index < -0.39 is 0 Å². The molecule has 1 saturated heterocycles. The molecule has 6 heteroatoms. The number of hydrogen-bond acceptors (Lipinski definition) is 3. The quantitative estimate of drug-likeness (QED) is 0.866. The lowest BCUT2D eigenvalue weighted by atomic mass is 10.2. The van der Waals surface area contributed by atoms with Crippen molar-refractivity contribution in [3.8, 4) is 5.75 Å². The number of carbonyl (C=O) groups is 2. The van der Waals surface area contributed by atoms with Crippen molar-refractivity contribution in [1.29, 1.82) is 0 Å². The maximum Gasteiger partial charge on any atom is 0.317 e. The van der Waals surface area contributed by atoms with Crippen molar-refractivity contribution < 1.29 is 14.3 Å². The number of nitrogens with one attached hydrogen (secondary N) is 1. The first-order valence-electron chi connectivity index (χ1n) is 9.63. The van der Waals surface area contributed by atoms with Gasteiger partial charge in [0, 0.05) is 31.7 Å². The molecule has 0 radical (unpaired) electrons. The molecule has 1 N–H and O–H groups in total. The molecule has 1 heterocycles. The largest absolute Gasteiger partial charge is 0.491 e. The lowest BCUT2D eigenvalue weighted by molar-refractivity contribution is 0.0662. The number of para-hydroxylation sites is 1. The molecule has 3 rings (SSSR count). The first-order chi connectivity index (χ1) is 13.5. The first-order valence-corrected chi connectivity index (χ1v) is 9.63. The van der Waals surface area contributed by atoms with E-state index in [2.05, 4.69) is 5.32 Å². The number of benzene rings is 2. The van der Waals surface area contributed by atoms with Gasteiger partial charge in [-0.25, -0.2) is 4.79 Å². The Labute approximate surface area is 166 Å². The third kappa shape index (κ3) is 5.03. The molecule has 3 amide bonds. The second-order valence-electron chi connectivity index (χ2n) is 7.07. The third-order valence-electron chi connectivity index (χ3n) is 4.83. The maximum atomic E-state index is 12.5. The highest BCUT2D eigenvalue weighted by Gasteiger charge is 2.25. The van der Waals surface area contributed by atoms with Crippen LogP contribution in [0.3, 0.4) is 0 Å². The standard InChI is InChI=1S/C22H27N3O3/c1-17-8-6-7-11-20(17)28-16-18(2)23-22(27)25-14-12-24(13-15-25)21(26)19-9-4-3-5-10-19/h3-11,18H,12-16H2,1-2H3,(H,23,27). The third-order valence-corrected chi connectivity index (χ3v) is 4.83. The van der Waals surface area contributed by atoms with Crippen LogP contribution in [0.5, 0.6) is 5.75 Å². The van der Waals surface area contributed by atoms with Crippen LogP contribution in [0.15, 0.2) is 54.6 Å². The molecule has 0 saturated carbocycles. The lowest BCUT2D eigenvalue weighted by Gasteiger charge is -2.35. The van der Waals surface area contributed by atoms with Crippen LogP contribution in [0, 0.1) is 6.92 Å². The van der Waals surface area contributed by atoms with Gasteiger partial charge in [0.1, 0.15) is 12.4 Å². The predicted octanol–water partition coefficient (Wildman–Crippen LogP) is 2.93. The molecule has 1 aliphatic heterocycles. The molecule has 1 aliphatic rings. The fraction of sp³-hybridized carbons (Fsp3) is 0.364. The fourth-order valence-electron chi connectivity index (χ4n) is 3.15. The smallest absolute Gasteiger partial charge is 0.317 e. The maximum absolute atomic E-state index is 12.5. The van der Waals surface area contributed by atoms with Gasteiger partial charge < -0.3 is 19.9 Å². The van der Waals surface area contributed by atoms with Gasteiger partial charge >= 0.3 is 6.03 Å². The molecule has 0 spiro atoms. The van der Waals surface area contributed by atoms with Crippen LogP contribution < -0.4 is 10.1 Å². The van der Waals surface area contributed by atoms with E-state index in [0.717, 1.165) is 11.3 Å². The summed E-state index contributed by atoms with van der Waals surface area (Å²) in [5.74, 6) is 0.845. The zero-order valence-electron chi connectivity index (χ0n) is 16.4. The van der Waals surface area contributed by atoms with E-state index in [9.17, 15) is 9.59 Å². The van der Waals surface area contributed by atoms with Gasteiger partial charge in [0.2, 0.25) is 0 Å². The predicted molar refractivity (Wildman–Crippen MR) is 109 cm³/mol. The Morgan fingerprint density at radius 1 is 0.964 bits per heavy atom. The Kier molecular flexibility index (Phi) is 6.53. The molecule has 1 fully saturated rings. The van der Waals surface area contributed by atoms with Gasteiger partial charge in [-0.05, 0) is 37.6 Å². The highest BCUT2D eigenvalue weighted by molar-refractivity contribution is 5.94. The van der Waals surface area contributed by atoms with Gasteiger partial charge in [-0.15, -0.1) is 0 Å². The minimum Gasteiger partial charge on any atom is -0.491 e. The zero-order valence-corrected chi connectivity index (χ0v) is 16.4. The lowest BCUT2D eigenvalue weighted by Crippen LogP contribution is -2.54. The summed E-state index contributed by atoms with van der Waals surface area (Å²) in [6, 6.07) is 16.8. The monoisotopic (exact) mass is 381 g/mol. The average molecular weight is 381 g/mol. The van der Waals surface area contributed by atoms with Crippen molar-refractivity contribution in [3.05, 3.63) is 65.7 Å². The van der Waals surface area contributed by atoms with E-state index in [-0.39, 0.29) is 18.0 Å². The Bertz CT molecular complexity index is 802. The minimum absolute atomic E-state index is 0.0145. The average Bonchev–Trinajstić information content (AvgIpc) is 2.73. The van der Waals surface area contributed by atoms with Gasteiger partial charge in [0.25, 0.3) is 5.91 Å². The summed E-state index contributed by atoms with van der Waals surface area (Å²) in [5.41, 5.74) is 1.75. The van der Waals surface area contributed by atoms with Crippen LogP contribution in [0.25, 0.3) is 0 Å². The van der Waals surface area contributed by atoms with Gasteiger partial charge in [0.05, 0.1) is 6.04 Å². The van der Waals surface area contributed by atoms with Crippen molar-refractivity contribution in [2.45, 2.75) is 19.9 Å². The molecule has 0 aliphatic carbocycles. The minimum atomic E-state index is -0.118. The van der Waals surface area contributed by atoms with Gasteiger partial charge in [0.15, 0.2) is 0 Å². The molecular formula is C22H27N3O3. The number of rotatable bonds is 5. The Hall–Kier alpha value is -3.02. The number of nitrogens with zero attached hydrogens (tertiary/aromatic N) is 2. The molecule has 1 unspecified atom stereocenters. The molecular weight excluding hydrogens is 354 g/mol. The molecule has 2 aromatic carbocycles. The summed E-state index contributed by atoms with van der Waals surface area (Å²) in [7, 11) is 0. The number of aryl methyl sites for hydroxylation is 1. The van der Waals surface area contributed by atoms with E-state index in [4.69, 9.17) is 4.74 Å². The van der Waals surface area contributed by atoms with E-state index >= 15 is 0 Å². The fourth-order valence-corrected chi connectivity index (χ4v) is 3.15. The summed E-state index contributed by atoms with van der Waals surface area (Å²) >= 11 is 0. The van der Waals surface area contributed by atoms with Crippen molar-refractivity contribution >= 4 is 11.9 Å². The molecule has 28 heavy (non-hydrogen) atoms. The molecule has 1 atom stereocenters. The van der Waals surface area contributed by atoms with Crippen LogP contribution in [0.1, 0.15) is 22.8 Å². The zero-order chi connectivity index (χ0) is 19.9. The molecule has 2 aromatic rings. The summed E-state index contributed by atoms with van der Waals surface area (Å²) in [4.78, 5) is 28.5. The highest BCUT2D eigenvalue weighted by Crippen LogP contribution is 2.16.